The van der Waals surface area contributed by atoms with Gasteiger partial charge in [-0.25, -0.2) is 4.99 Å². The number of rotatable bonds is 3. The molecule has 0 bridgehead atoms. The molecule has 1 saturated heterocycles. The Morgan fingerprint density at radius 1 is 1.22 bits per heavy atom. The Kier molecular flexibility index (Phi) is 4.98. The van der Waals surface area contributed by atoms with Gasteiger partial charge < -0.3 is 4.74 Å². The van der Waals surface area contributed by atoms with Gasteiger partial charge in [-0.05, 0) is 24.3 Å². The maximum Gasteiger partial charge on any atom is 0.141 e. The molecule has 0 unspecified atom stereocenters. The molecule has 0 N–H and O–H groups in total. The van der Waals surface area contributed by atoms with E-state index in [-0.39, 0.29) is 4.32 Å². The molecule has 0 saturated carbocycles. The fourth-order valence-electron chi connectivity index (χ4n) is 1.14. The summed E-state index contributed by atoms with van der Waals surface area (Å²) in [6.07, 6.45) is 0. The molecule has 94 valence electrons. The topological polar surface area (TPSA) is 21.6 Å². The van der Waals surface area contributed by atoms with Gasteiger partial charge in [-0.3, -0.25) is 0 Å². The number of hydrogen-bond acceptors (Lipinski definition) is 5. The van der Waals surface area contributed by atoms with Crippen LogP contribution in [0.5, 0.6) is 5.75 Å². The van der Waals surface area contributed by atoms with Crippen LogP contribution in [0.4, 0.5) is 5.69 Å². The molecule has 0 spiro atoms. The van der Waals surface area contributed by atoms with Crippen LogP contribution in [0, 0.1) is 0 Å². The first-order valence-corrected chi connectivity index (χ1v) is 7.58. The largest absolute Gasteiger partial charge is 0.497 e. The Morgan fingerprint density at radius 2 is 1.83 bits per heavy atom. The predicted octanol–water partition coefficient (Wildman–Crippen LogP) is 5.14. The number of halogens is 2. The maximum absolute atomic E-state index is 5.92. The Bertz CT molecular complexity index is 530. The van der Waals surface area contributed by atoms with Gasteiger partial charge in [-0.1, -0.05) is 58.9 Å². The summed E-state index contributed by atoms with van der Waals surface area (Å²) in [5.74, 6) is 0.809. The number of thioether (sulfide) groups is 2. The average molecular weight is 336 g/mol. The summed E-state index contributed by atoms with van der Waals surface area (Å²) in [5.41, 5.74) is 0.870. The Labute approximate surface area is 129 Å². The lowest BCUT2D eigenvalue weighted by molar-refractivity contribution is 0.415. The third-order valence-electron chi connectivity index (χ3n) is 2.00. The van der Waals surface area contributed by atoms with Crippen molar-refractivity contribution in [3.8, 4) is 5.75 Å². The van der Waals surface area contributed by atoms with Crippen LogP contribution in [-0.4, -0.2) is 15.8 Å². The van der Waals surface area contributed by atoms with E-state index < -0.39 is 0 Å². The van der Waals surface area contributed by atoms with Crippen molar-refractivity contribution in [1.29, 1.82) is 0 Å². The lowest BCUT2D eigenvalue weighted by Crippen LogP contribution is -2.00. The second-order valence-electron chi connectivity index (χ2n) is 3.16. The van der Waals surface area contributed by atoms with Gasteiger partial charge >= 0.3 is 0 Å². The molecule has 2 rings (SSSR count). The van der Waals surface area contributed by atoms with Crippen LogP contribution in [0.15, 0.2) is 38.5 Å². The van der Waals surface area contributed by atoms with E-state index in [4.69, 9.17) is 40.2 Å². The number of hydrogen-bond donors (Lipinski definition) is 0. The van der Waals surface area contributed by atoms with Crippen molar-refractivity contribution in [3.05, 3.63) is 33.5 Å². The molecule has 1 fully saturated rings. The zero-order chi connectivity index (χ0) is 13.1. The van der Waals surface area contributed by atoms with E-state index in [9.17, 15) is 0 Å². The van der Waals surface area contributed by atoms with Gasteiger partial charge in [0.1, 0.15) is 14.4 Å². The minimum atomic E-state index is 0.190. The van der Waals surface area contributed by atoms with E-state index in [1.807, 2.05) is 24.3 Å². The molecule has 0 aromatic heterocycles. The smallest absolute Gasteiger partial charge is 0.141 e. The third-order valence-corrected chi connectivity index (χ3v) is 5.52. The zero-order valence-corrected chi connectivity index (χ0v) is 13.1. The molecule has 1 aromatic rings. The highest BCUT2D eigenvalue weighted by Crippen LogP contribution is 2.50. The van der Waals surface area contributed by atoms with Crippen LogP contribution in [0.2, 0.25) is 0 Å². The molecule has 0 atom stereocenters. The molecule has 18 heavy (non-hydrogen) atoms. The summed E-state index contributed by atoms with van der Waals surface area (Å²) >= 11 is 19.3. The summed E-state index contributed by atoms with van der Waals surface area (Å²) in [6, 6.07) is 7.51. The van der Waals surface area contributed by atoms with Gasteiger partial charge in [0, 0.05) is 0 Å². The number of benzene rings is 1. The Hall–Kier alpha value is -0.200. The summed E-state index contributed by atoms with van der Waals surface area (Å²) in [7, 11) is 1.63. The third kappa shape index (κ3) is 3.42. The van der Waals surface area contributed by atoms with Gasteiger partial charge in [0.05, 0.1) is 22.1 Å². The number of aliphatic imine (C=N–C) groups is 1. The van der Waals surface area contributed by atoms with Crippen LogP contribution >= 0.6 is 58.9 Å². The standard InChI is InChI=1S/C11H7Cl2NOS3/c1-15-7-4-2-6(3-5-7)14-11-17-10(18-11)8(12)9(13)16/h2-5H,1H3. The highest BCUT2D eigenvalue weighted by Gasteiger charge is 2.24. The van der Waals surface area contributed by atoms with E-state index in [0.717, 1.165) is 20.0 Å². The van der Waals surface area contributed by atoms with Crippen molar-refractivity contribution < 1.29 is 4.74 Å². The predicted molar refractivity (Wildman–Crippen MR) is 86.6 cm³/mol. The fourth-order valence-corrected chi connectivity index (χ4v) is 3.55. The van der Waals surface area contributed by atoms with Crippen LogP contribution in [-0.2, 0) is 0 Å². The SMILES string of the molecule is COc1ccc(N=C2SC(=C(Cl)C(=S)Cl)S2)cc1. The van der Waals surface area contributed by atoms with Crippen LogP contribution < -0.4 is 4.74 Å². The molecule has 1 heterocycles. The van der Waals surface area contributed by atoms with Crippen LogP contribution in [0.3, 0.4) is 0 Å². The zero-order valence-electron chi connectivity index (χ0n) is 9.15. The molecule has 1 aromatic carbocycles. The second kappa shape index (κ2) is 6.30. The highest BCUT2D eigenvalue weighted by atomic mass is 35.5. The maximum atomic E-state index is 5.92. The van der Waals surface area contributed by atoms with E-state index >= 15 is 0 Å². The molecule has 1 aliphatic rings. The summed E-state index contributed by atoms with van der Waals surface area (Å²) in [6.45, 7) is 0. The Balaban J connectivity index is 2.05. The fraction of sp³-hybridized carbons (Fsp3) is 0.0909. The number of allylic oxidation sites excluding steroid dienone is 1. The van der Waals surface area contributed by atoms with Gasteiger partial charge in [-0.2, -0.15) is 0 Å². The van der Waals surface area contributed by atoms with Crippen LogP contribution in [0.1, 0.15) is 0 Å². The monoisotopic (exact) mass is 335 g/mol. The second-order valence-corrected chi connectivity index (χ2v) is 7.06. The quantitative estimate of drug-likeness (QED) is 0.433. The molecule has 7 heteroatoms. The van der Waals surface area contributed by atoms with E-state index in [2.05, 4.69) is 4.99 Å². The van der Waals surface area contributed by atoms with Crippen molar-refractivity contribution in [3.63, 3.8) is 0 Å². The van der Waals surface area contributed by atoms with Gasteiger partial charge in [-0.15, -0.1) is 0 Å². The number of nitrogens with zero attached hydrogens (tertiary/aromatic N) is 1. The minimum absolute atomic E-state index is 0.190. The first kappa shape index (κ1) is 14.2. The van der Waals surface area contributed by atoms with E-state index in [0.29, 0.717) is 5.03 Å². The number of ether oxygens (including phenoxy) is 1. The van der Waals surface area contributed by atoms with Crippen molar-refractivity contribution in [1.82, 2.24) is 0 Å². The minimum Gasteiger partial charge on any atom is -0.497 e. The average Bonchev–Trinajstić information content (AvgIpc) is 2.33. The number of methoxy groups -OCH3 is 1. The lowest BCUT2D eigenvalue weighted by Gasteiger charge is -2.18. The summed E-state index contributed by atoms with van der Waals surface area (Å²) in [4.78, 5) is 4.44. The lowest BCUT2D eigenvalue weighted by atomic mass is 10.3. The number of thiocarbonyl (C=S) groups is 1. The molecular formula is C11H7Cl2NOS3. The molecule has 0 amide bonds. The molecular weight excluding hydrogens is 329 g/mol. The first-order chi connectivity index (χ1) is 8.60. The van der Waals surface area contributed by atoms with Crippen molar-refractivity contribution in [2.45, 2.75) is 0 Å². The Morgan fingerprint density at radius 3 is 2.33 bits per heavy atom. The summed E-state index contributed by atoms with van der Waals surface area (Å²) in [5, 5.41) is 0.426. The van der Waals surface area contributed by atoms with Crippen molar-refractivity contribution in [2.75, 3.05) is 7.11 Å². The van der Waals surface area contributed by atoms with Gasteiger partial charge in [0.15, 0.2) is 0 Å². The molecule has 1 aliphatic heterocycles. The normalized spacial score (nSPS) is 13.9. The van der Waals surface area contributed by atoms with Gasteiger partial charge in [0.2, 0.25) is 0 Å². The molecule has 0 radical (unpaired) electrons. The highest BCUT2D eigenvalue weighted by molar-refractivity contribution is 8.57. The first-order valence-electron chi connectivity index (χ1n) is 4.78. The van der Waals surface area contributed by atoms with Crippen molar-refractivity contribution in [2.24, 2.45) is 4.99 Å². The summed E-state index contributed by atoms with van der Waals surface area (Å²) < 4.78 is 7.08. The van der Waals surface area contributed by atoms with E-state index in [1.54, 1.807) is 7.11 Å². The molecule has 0 aliphatic carbocycles. The molecule has 2 nitrogen and oxygen atoms in total. The van der Waals surface area contributed by atoms with Crippen molar-refractivity contribution >= 4 is 73.3 Å². The van der Waals surface area contributed by atoms with Gasteiger partial charge in [0.25, 0.3) is 0 Å². The van der Waals surface area contributed by atoms with Crippen LogP contribution in [0.25, 0.3) is 0 Å². The van der Waals surface area contributed by atoms with E-state index in [1.165, 1.54) is 23.5 Å².